The van der Waals surface area contributed by atoms with Crippen LogP contribution in [0.15, 0.2) is 41.4 Å². The lowest BCUT2D eigenvalue weighted by molar-refractivity contribution is -0.385. The minimum absolute atomic E-state index is 0.102. The lowest BCUT2D eigenvalue weighted by atomic mass is 10.1. The van der Waals surface area contributed by atoms with Gasteiger partial charge in [-0.05, 0) is 37.6 Å². The molecule has 3 rings (SSSR count). The Bertz CT molecular complexity index is 1150. The second kappa shape index (κ2) is 6.94. The molecule has 1 aromatic heterocycles. The number of aryl methyl sites for hydroxylation is 2. The van der Waals surface area contributed by atoms with E-state index in [1.165, 1.54) is 23.5 Å². The Balaban J connectivity index is 2.14. The number of hydrogen-bond acceptors (Lipinski definition) is 4. The molecule has 0 aliphatic heterocycles. The quantitative estimate of drug-likeness (QED) is 0.404. The fourth-order valence-electron chi connectivity index (χ4n) is 2.60. The van der Waals surface area contributed by atoms with E-state index in [9.17, 15) is 14.9 Å². The molecule has 0 aliphatic carbocycles. The lowest BCUT2D eigenvalue weighted by Gasteiger charge is -2.01. The van der Waals surface area contributed by atoms with E-state index in [4.69, 9.17) is 6.42 Å². The molecule has 0 aliphatic rings. The maximum absolute atomic E-state index is 12.6. The molecule has 1 heterocycles. The molecule has 3 aromatic rings. The number of nitro benzene ring substituents is 1. The SMILES string of the molecule is C#CCn1c(=NC(=O)c2ccc(C)c([N+](=O)[O-])c2)sc2cc(C)ccc21. The summed E-state index contributed by atoms with van der Waals surface area (Å²) in [6.45, 7) is 3.89. The van der Waals surface area contributed by atoms with Gasteiger partial charge in [0, 0.05) is 17.2 Å². The molecule has 0 atom stereocenters. The molecule has 0 saturated heterocycles. The van der Waals surface area contributed by atoms with Crippen molar-refractivity contribution < 1.29 is 9.72 Å². The zero-order valence-corrected chi connectivity index (χ0v) is 15.0. The van der Waals surface area contributed by atoms with Gasteiger partial charge in [0.15, 0.2) is 4.80 Å². The predicted octanol–water partition coefficient (Wildman–Crippen LogP) is 3.60. The summed E-state index contributed by atoms with van der Waals surface area (Å²) in [4.78, 5) is 27.8. The van der Waals surface area contributed by atoms with Crippen LogP contribution in [0.25, 0.3) is 10.2 Å². The minimum atomic E-state index is -0.540. The van der Waals surface area contributed by atoms with Crippen LogP contribution in [0.3, 0.4) is 0 Å². The molecule has 0 spiro atoms. The highest BCUT2D eigenvalue weighted by atomic mass is 32.1. The first-order chi connectivity index (χ1) is 12.4. The summed E-state index contributed by atoms with van der Waals surface area (Å²) in [5.41, 5.74) is 2.56. The Labute approximate surface area is 153 Å². The molecule has 0 saturated carbocycles. The fourth-order valence-corrected chi connectivity index (χ4v) is 3.73. The average molecular weight is 365 g/mol. The summed E-state index contributed by atoms with van der Waals surface area (Å²) < 4.78 is 2.77. The highest BCUT2D eigenvalue weighted by molar-refractivity contribution is 7.16. The van der Waals surface area contributed by atoms with E-state index in [0.29, 0.717) is 10.4 Å². The standard InChI is InChI=1S/C19H15N3O3S/c1-4-9-21-15-8-5-12(2)10-17(15)26-19(21)20-18(23)14-7-6-13(3)16(11-14)22(24)25/h1,5-8,10-11H,9H2,2-3H3. The molecule has 130 valence electrons. The monoisotopic (exact) mass is 365 g/mol. The van der Waals surface area contributed by atoms with Crippen molar-refractivity contribution in [1.29, 1.82) is 0 Å². The van der Waals surface area contributed by atoms with Crippen LogP contribution in [0.5, 0.6) is 0 Å². The second-order valence-electron chi connectivity index (χ2n) is 5.82. The van der Waals surface area contributed by atoms with Crippen molar-refractivity contribution in [2.45, 2.75) is 20.4 Å². The molecular formula is C19H15N3O3S. The molecule has 26 heavy (non-hydrogen) atoms. The van der Waals surface area contributed by atoms with Crippen molar-refractivity contribution in [3.8, 4) is 12.3 Å². The van der Waals surface area contributed by atoms with Gasteiger partial charge in [0.25, 0.3) is 11.6 Å². The first-order valence-corrected chi connectivity index (χ1v) is 8.60. The first kappa shape index (κ1) is 17.6. The van der Waals surface area contributed by atoms with Crippen LogP contribution in [0, 0.1) is 36.3 Å². The van der Waals surface area contributed by atoms with Crippen molar-refractivity contribution in [2.24, 2.45) is 4.99 Å². The van der Waals surface area contributed by atoms with Crippen molar-refractivity contribution >= 4 is 33.1 Å². The first-order valence-electron chi connectivity index (χ1n) is 7.78. The third-order valence-corrected chi connectivity index (χ3v) is 4.98. The largest absolute Gasteiger partial charge is 0.305 e. The summed E-state index contributed by atoms with van der Waals surface area (Å²) in [6, 6.07) is 10.3. The Hall–Kier alpha value is -3.24. The molecule has 0 bridgehead atoms. The van der Waals surface area contributed by atoms with E-state index in [1.807, 2.05) is 25.1 Å². The van der Waals surface area contributed by atoms with E-state index in [2.05, 4.69) is 10.9 Å². The van der Waals surface area contributed by atoms with E-state index in [1.54, 1.807) is 17.6 Å². The Morgan fingerprint density at radius 1 is 1.31 bits per heavy atom. The third kappa shape index (κ3) is 3.27. The number of amides is 1. The van der Waals surface area contributed by atoms with Gasteiger partial charge < -0.3 is 4.57 Å². The van der Waals surface area contributed by atoms with Crippen molar-refractivity contribution in [3.05, 3.63) is 68.0 Å². The number of rotatable bonds is 3. The molecule has 1 amide bonds. The van der Waals surface area contributed by atoms with Crippen LogP contribution in [0.4, 0.5) is 5.69 Å². The maximum Gasteiger partial charge on any atom is 0.279 e. The molecular weight excluding hydrogens is 350 g/mol. The summed E-state index contributed by atoms with van der Waals surface area (Å²) in [7, 11) is 0. The van der Waals surface area contributed by atoms with E-state index in [-0.39, 0.29) is 17.8 Å². The van der Waals surface area contributed by atoms with E-state index >= 15 is 0 Å². The molecule has 2 aromatic carbocycles. The minimum Gasteiger partial charge on any atom is -0.305 e. The number of carbonyl (C=O) groups is 1. The van der Waals surface area contributed by atoms with Crippen molar-refractivity contribution in [1.82, 2.24) is 4.57 Å². The molecule has 0 radical (unpaired) electrons. The number of thiazole rings is 1. The third-order valence-electron chi connectivity index (χ3n) is 3.94. The van der Waals surface area contributed by atoms with Crippen LogP contribution >= 0.6 is 11.3 Å². The van der Waals surface area contributed by atoms with Gasteiger partial charge in [-0.3, -0.25) is 14.9 Å². The van der Waals surface area contributed by atoms with Gasteiger partial charge in [-0.15, -0.1) is 6.42 Å². The van der Waals surface area contributed by atoms with Gasteiger partial charge >= 0.3 is 0 Å². The molecule has 0 N–H and O–H groups in total. The van der Waals surface area contributed by atoms with Crippen LogP contribution in [-0.4, -0.2) is 15.4 Å². The average Bonchev–Trinajstić information content (AvgIpc) is 2.91. The summed E-state index contributed by atoms with van der Waals surface area (Å²) in [5, 5.41) is 11.1. The van der Waals surface area contributed by atoms with Gasteiger partial charge in [0.1, 0.15) is 0 Å². The van der Waals surface area contributed by atoms with Crippen LogP contribution in [-0.2, 0) is 6.54 Å². The molecule has 0 fully saturated rings. The summed E-state index contributed by atoms with van der Waals surface area (Å²) in [5.74, 6) is 2.03. The van der Waals surface area contributed by atoms with Crippen LogP contribution in [0.2, 0.25) is 0 Å². The van der Waals surface area contributed by atoms with Gasteiger partial charge in [-0.2, -0.15) is 4.99 Å². The van der Waals surface area contributed by atoms with Gasteiger partial charge in [-0.1, -0.05) is 29.4 Å². The number of carbonyl (C=O) groups excluding carboxylic acids is 1. The zero-order valence-electron chi connectivity index (χ0n) is 14.2. The fraction of sp³-hybridized carbons (Fsp3) is 0.158. The Morgan fingerprint density at radius 3 is 2.77 bits per heavy atom. The van der Waals surface area contributed by atoms with Crippen molar-refractivity contribution in [3.63, 3.8) is 0 Å². The molecule has 0 unspecified atom stereocenters. The lowest BCUT2D eigenvalue weighted by Crippen LogP contribution is -2.16. The normalized spacial score (nSPS) is 11.5. The summed E-state index contributed by atoms with van der Waals surface area (Å²) in [6.07, 6.45) is 5.45. The van der Waals surface area contributed by atoms with Crippen LogP contribution in [0.1, 0.15) is 21.5 Å². The topological polar surface area (TPSA) is 77.5 Å². The van der Waals surface area contributed by atoms with E-state index < -0.39 is 10.8 Å². The Kier molecular flexibility index (Phi) is 4.69. The number of fused-ring (bicyclic) bond motifs is 1. The highest BCUT2D eigenvalue weighted by Crippen LogP contribution is 2.21. The zero-order chi connectivity index (χ0) is 18.8. The number of nitrogens with zero attached hydrogens (tertiary/aromatic N) is 3. The smallest absolute Gasteiger partial charge is 0.279 e. The molecule has 6 nitrogen and oxygen atoms in total. The predicted molar refractivity (Wildman–Crippen MR) is 101 cm³/mol. The van der Waals surface area contributed by atoms with Crippen LogP contribution < -0.4 is 4.80 Å². The number of nitro groups is 1. The second-order valence-corrected chi connectivity index (χ2v) is 6.83. The number of benzene rings is 2. The highest BCUT2D eigenvalue weighted by Gasteiger charge is 2.15. The number of terminal acetylenes is 1. The summed E-state index contributed by atoms with van der Waals surface area (Å²) >= 11 is 1.36. The Morgan fingerprint density at radius 2 is 2.08 bits per heavy atom. The number of aromatic nitrogens is 1. The van der Waals surface area contributed by atoms with Gasteiger partial charge in [0.05, 0.1) is 21.7 Å². The van der Waals surface area contributed by atoms with Gasteiger partial charge in [0.2, 0.25) is 0 Å². The molecule has 7 heteroatoms. The van der Waals surface area contributed by atoms with E-state index in [0.717, 1.165) is 15.8 Å². The van der Waals surface area contributed by atoms with Gasteiger partial charge in [-0.25, -0.2) is 0 Å². The van der Waals surface area contributed by atoms with Crippen molar-refractivity contribution in [2.75, 3.05) is 0 Å². The number of hydrogen-bond donors (Lipinski definition) is 0. The maximum atomic E-state index is 12.6.